The van der Waals surface area contributed by atoms with Crippen molar-refractivity contribution in [3.8, 4) is 0 Å². The van der Waals surface area contributed by atoms with E-state index in [0.717, 1.165) is 5.57 Å². The van der Waals surface area contributed by atoms with E-state index in [4.69, 9.17) is 5.73 Å². The number of hydrazone groups is 1. The van der Waals surface area contributed by atoms with Gasteiger partial charge in [-0.15, -0.1) is 23.5 Å². The van der Waals surface area contributed by atoms with Crippen LogP contribution in [0.4, 0.5) is 0 Å². The molecule has 0 aromatic carbocycles. The van der Waals surface area contributed by atoms with Crippen LogP contribution in [0.25, 0.3) is 0 Å². The summed E-state index contributed by atoms with van der Waals surface area (Å²) in [7, 11) is 1.87. The third-order valence-electron chi connectivity index (χ3n) is 3.32. The van der Waals surface area contributed by atoms with Crippen molar-refractivity contribution < 1.29 is 14.7 Å². The fourth-order valence-corrected chi connectivity index (χ4v) is 5.81. The second-order valence-corrected chi connectivity index (χ2v) is 8.49. The van der Waals surface area contributed by atoms with Gasteiger partial charge in [-0.3, -0.25) is 9.69 Å². The van der Waals surface area contributed by atoms with Crippen molar-refractivity contribution in [2.45, 2.75) is 16.0 Å². The molecule has 0 aliphatic carbocycles. The number of fused-ring (bicyclic) bond motifs is 1. The van der Waals surface area contributed by atoms with Crippen molar-refractivity contribution >= 4 is 53.6 Å². The van der Waals surface area contributed by atoms with Gasteiger partial charge in [0.05, 0.1) is 6.21 Å². The lowest BCUT2D eigenvalue weighted by atomic mass is 10.0. The zero-order valence-electron chi connectivity index (χ0n) is 11.1. The molecule has 0 spiro atoms. The molecule has 0 saturated carbocycles. The maximum Gasteiger partial charge on any atom is 0.352 e. The number of carboxylic acids is 1. The monoisotopic (exact) mass is 346 g/mol. The fourth-order valence-electron chi connectivity index (χ4n) is 2.30. The smallest absolute Gasteiger partial charge is 0.352 e. The van der Waals surface area contributed by atoms with E-state index in [-0.39, 0.29) is 21.6 Å². The topological polar surface area (TPSA) is 99.2 Å². The highest BCUT2D eigenvalue weighted by Crippen LogP contribution is 2.41. The van der Waals surface area contributed by atoms with Crippen molar-refractivity contribution in [1.29, 1.82) is 0 Å². The highest BCUT2D eigenvalue weighted by Gasteiger charge is 2.51. The van der Waals surface area contributed by atoms with Gasteiger partial charge < -0.3 is 10.8 Å². The molecule has 10 heteroatoms. The summed E-state index contributed by atoms with van der Waals surface area (Å²) in [6.07, 6.45) is 1.83. The van der Waals surface area contributed by atoms with Crippen molar-refractivity contribution in [2.24, 2.45) is 10.8 Å². The maximum absolute atomic E-state index is 11.8. The molecule has 3 aliphatic rings. The van der Waals surface area contributed by atoms with E-state index in [1.165, 1.54) is 16.7 Å². The standard InChI is InChI=1S/C11H14N4O3S3/c1-14-13-2-6(21-14)19-3-5-4-20-10-7(12)9(16)15(10)8(5)11(17)18/h2,6-7,10H,3-4,12H2,1H3,(H,17,18)/t6?,7?,10-/m0/s1. The lowest BCUT2D eigenvalue weighted by Gasteiger charge is -2.48. The number of β-lactam (4-membered cyclic amide) rings is 1. The highest BCUT2D eigenvalue weighted by molar-refractivity contribution is 8.17. The van der Waals surface area contributed by atoms with E-state index < -0.39 is 12.0 Å². The Morgan fingerprint density at radius 1 is 1.67 bits per heavy atom. The predicted molar refractivity (Wildman–Crippen MR) is 85.8 cm³/mol. The third-order valence-corrected chi connectivity index (χ3v) is 7.04. The second kappa shape index (κ2) is 5.75. The number of hydrogen-bond acceptors (Lipinski definition) is 8. The molecule has 0 radical (unpaired) electrons. The fraction of sp³-hybridized carbons (Fsp3) is 0.545. The Kier molecular flexibility index (Phi) is 4.12. The average molecular weight is 346 g/mol. The maximum atomic E-state index is 11.8. The summed E-state index contributed by atoms with van der Waals surface area (Å²) in [5, 5.41) is 13.3. The van der Waals surface area contributed by atoms with E-state index in [2.05, 4.69) is 5.10 Å². The van der Waals surface area contributed by atoms with Crippen LogP contribution >= 0.6 is 35.5 Å². The Bertz CT molecular complexity index is 553. The summed E-state index contributed by atoms with van der Waals surface area (Å²) < 4.78 is 1.95. The van der Waals surface area contributed by atoms with Crippen LogP contribution in [-0.2, 0) is 9.59 Å². The van der Waals surface area contributed by atoms with Crippen molar-refractivity contribution in [3.63, 3.8) is 0 Å². The first-order valence-electron chi connectivity index (χ1n) is 6.21. The Morgan fingerprint density at radius 3 is 3.05 bits per heavy atom. The number of thioether (sulfide) groups is 2. The van der Waals surface area contributed by atoms with Gasteiger partial charge in [0.2, 0.25) is 5.91 Å². The molecule has 3 atom stereocenters. The molecule has 21 heavy (non-hydrogen) atoms. The number of nitrogens with zero attached hydrogens (tertiary/aromatic N) is 3. The molecule has 1 fully saturated rings. The SMILES string of the molecule is CN1N=CC(SCC2=C(C(=O)O)N3C(=O)C(N)[C@@H]3SC2)S1. The zero-order chi connectivity index (χ0) is 15.1. The quantitative estimate of drug-likeness (QED) is 0.550. The largest absolute Gasteiger partial charge is 0.477 e. The molecule has 0 aromatic heterocycles. The first kappa shape index (κ1) is 15.1. The summed E-state index contributed by atoms with van der Waals surface area (Å²) >= 11 is 4.72. The zero-order valence-corrected chi connectivity index (χ0v) is 13.6. The average Bonchev–Trinajstić information content (AvgIpc) is 2.88. The number of amides is 1. The van der Waals surface area contributed by atoms with Gasteiger partial charge in [-0.25, -0.2) is 9.21 Å². The first-order valence-corrected chi connectivity index (χ1v) is 9.14. The van der Waals surface area contributed by atoms with Gasteiger partial charge in [0.15, 0.2) is 0 Å². The molecular formula is C11H14N4O3S3. The molecule has 1 amide bonds. The van der Waals surface area contributed by atoms with Gasteiger partial charge in [0.25, 0.3) is 0 Å². The third kappa shape index (κ3) is 2.65. The molecule has 7 nitrogen and oxygen atoms in total. The molecular weight excluding hydrogens is 332 g/mol. The van der Waals surface area contributed by atoms with Gasteiger partial charge in [0, 0.05) is 18.6 Å². The number of carbonyl (C=O) groups is 2. The molecule has 3 heterocycles. The summed E-state index contributed by atoms with van der Waals surface area (Å²) in [6, 6.07) is -0.579. The number of carboxylic acid groups (broad SMARTS) is 1. The van der Waals surface area contributed by atoms with Gasteiger partial charge in [0.1, 0.15) is 21.7 Å². The van der Waals surface area contributed by atoms with Crippen LogP contribution < -0.4 is 5.73 Å². The van der Waals surface area contributed by atoms with Crippen molar-refractivity contribution in [2.75, 3.05) is 18.6 Å². The highest BCUT2D eigenvalue weighted by atomic mass is 32.2. The second-order valence-electron chi connectivity index (χ2n) is 4.71. The van der Waals surface area contributed by atoms with E-state index in [1.807, 2.05) is 13.3 Å². The van der Waals surface area contributed by atoms with Gasteiger partial charge in [-0.05, 0) is 17.5 Å². The van der Waals surface area contributed by atoms with Gasteiger partial charge >= 0.3 is 5.97 Å². The van der Waals surface area contributed by atoms with Crippen LogP contribution in [0, 0.1) is 0 Å². The van der Waals surface area contributed by atoms with Crippen LogP contribution in [0.2, 0.25) is 0 Å². The molecule has 3 N–H and O–H groups in total. The minimum absolute atomic E-state index is 0.117. The summed E-state index contributed by atoms with van der Waals surface area (Å²) in [6.45, 7) is 0. The van der Waals surface area contributed by atoms with Crippen molar-refractivity contribution in [3.05, 3.63) is 11.3 Å². The Labute approximate surface area is 134 Å². The minimum atomic E-state index is -1.05. The lowest BCUT2D eigenvalue weighted by molar-refractivity contribution is -0.147. The van der Waals surface area contributed by atoms with Crippen LogP contribution in [0.1, 0.15) is 0 Å². The number of carbonyl (C=O) groups excluding carboxylic acids is 1. The number of nitrogens with two attached hydrogens (primary N) is 1. The molecule has 0 bridgehead atoms. The number of aliphatic carboxylic acids is 1. The molecule has 0 aromatic rings. The Hall–Kier alpha value is -0.840. The summed E-state index contributed by atoms with van der Waals surface area (Å²) in [5.74, 6) is -0.191. The lowest BCUT2D eigenvalue weighted by Crippen LogP contribution is -2.68. The molecule has 1 saturated heterocycles. The van der Waals surface area contributed by atoms with E-state index in [0.29, 0.717) is 11.5 Å². The van der Waals surface area contributed by atoms with E-state index in [1.54, 1.807) is 28.1 Å². The molecule has 114 valence electrons. The summed E-state index contributed by atoms with van der Waals surface area (Å²) in [4.78, 5) is 24.6. The Morgan fingerprint density at radius 2 is 2.43 bits per heavy atom. The predicted octanol–water partition coefficient (Wildman–Crippen LogP) is 0.206. The van der Waals surface area contributed by atoms with Crippen LogP contribution in [-0.4, -0.2) is 67.1 Å². The normalized spacial score (nSPS) is 31.5. The molecule has 3 rings (SSSR count). The first-order chi connectivity index (χ1) is 9.99. The van der Waals surface area contributed by atoms with Gasteiger partial charge in [-0.1, -0.05) is 0 Å². The van der Waals surface area contributed by atoms with Crippen LogP contribution in [0.5, 0.6) is 0 Å². The van der Waals surface area contributed by atoms with Crippen LogP contribution in [0.3, 0.4) is 0 Å². The van der Waals surface area contributed by atoms with E-state index >= 15 is 0 Å². The molecule has 3 aliphatic heterocycles. The van der Waals surface area contributed by atoms with Crippen LogP contribution in [0.15, 0.2) is 16.4 Å². The number of hydrogen-bond donors (Lipinski definition) is 2. The van der Waals surface area contributed by atoms with E-state index in [9.17, 15) is 14.7 Å². The van der Waals surface area contributed by atoms with Gasteiger partial charge in [-0.2, -0.15) is 5.10 Å². The Balaban J connectivity index is 1.74. The van der Waals surface area contributed by atoms with Crippen molar-refractivity contribution in [1.82, 2.24) is 9.31 Å². The summed E-state index contributed by atoms with van der Waals surface area (Å²) in [5.41, 5.74) is 6.61. The molecule has 2 unspecified atom stereocenters. The number of rotatable bonds is 4. The minimum Gasteiger partial charge on any atom is -0.477 e.